The van der Waals surface area contributed by atoms with Crippen LogP contribution in [0.15, 0.2) is 24.3 Å². The number of aromatic carboxylic acids is 1. The molecular weight excluding hydrogens is 276 g/mol. The summed E-state index contributed by atoms with van der Waals surface area (Å²) in [5, 5.41) is 9.17. The van der Waals surface area contributed by atoms with Crippen LogP contribution in [0.1, 0.15) is 15.9 Å². The minimum absolute atomic E-state index is 0.0194. The number of methoxy groups -OCH3 is 2. The van der Waals surface area contributed by atoms with Gasteiger partial charge in [0, 0.05) is 0 Å². The zero-order valence-corrected chi connectivity index (χ0v) is 11.8. The summed E-state index contributed by atoms with van der Waals surface area (Å²) in [6.07, 6.45) is 0. The molecule has 0 saturated carbocycles. The standard InChI is InChI=1S/C14H14N2O5/c1-8-4-5-9(13(17)18)10(6-8)21-14-15-11(19-2)7-12(16-14)20-3/h4-7H,1-3H3,(H,17,18). The molecule has 21 heavy (non-hydrogen) atoms. The number of ether oxygens (including phenoxy) is 3. The van der Waals surface area contributed by atoms with Crippen molar-refractivity contribution in [3.63, 3.8) is 0 Å². The van der Waals surface area contributed by atoms with E-state index in [9.17, 15) is 4.79 Å². The number of aromatic nitrogens is 2. The smallest absolute Gasteiger partial charge is 0.339 e. The van der Waals surface area contributed by atoms with Gasteiger partial charge in [-0.15, -0.1) is 0 Å². The number of nitrogens with zero attached hydrogens (tertiary/aromatic N) is 2. The fraction of sp³-hybridized carbons (Fsp3) is 0.214. The fourth-order valence-corrected chi connectivity index (χ4v) is 1.63. The minimum Gasteiger partial charge on any atom is -0.481 e. The summed E-state index contributed by atoms with van der Waals surface area (Å²) in [5.74, 6) is -0.444. The largest absolute Gasteiger partial charge is 0.481 e. The fourth-order valence-electron chi connectivity index (χ4n) is 1.63. The average Bonchev–Trinajstić information content (AvgIpc) is 2.46. The van der Waals surface area contributed by atoms with Crippen LogP contribution in [-0.2, 0) is 0 Å². The molecule has 7 nitrogen and oxygen atoms in total. The van der Waals surface area contributed by atoms with Gasteiger partial charge in [-0.1, -0.05) is 6.07 Å². The van der Waals surface area contributed by atoms with Gasteiger partial charge in [-0.3, -0.25) is 0 Å². The number of benzene rings is 1. The molecule has 7 heteroatoms. The quantitative estimate of drug-likeness (QED) is 0.903. The van der Waals surface area contributed by atoms with Crippen molar-refractivity contribution >= 4 is 5.97 Å². The molecule has 1 heterocycles. The molecule has 0 spiro atoms. The molecule has 0 saturated heterocycles. The summed E-state index contributed by atoms with van der Waals surface area (Å²) < 4.78 is 15.5. The first-order valence-corrected chi connectivity index (χ1v) is 6.02. The first-order chi connectivity index (χ1) is 10.0. The summed E-state index contributed by atoms with van der Waals surface area (Å²) in [4.78, 5) is 19.2. The van der Waals surface area contributed by atoms with E-state index in [1.54, 1.807) is 12.1 Å². The first-order valence-electron chi connectivity index (χ1n) is 6.02. The molecule has 2 rings (SSSR count). The highest BCUT2D eigenvalue weighted by molar-refractivity contribution is 5.91. The van der Waals surface area contributed by atoms with Crippen LogP contribution in [0.2, 0.25) is 0 Å². The summed E-state index contributed by atoms with van der Waals surface area (Å²) >= 11 is 0. The lowest BCUT2D eigenvalue weighted by atomic mass is 10.1. The molecule has 1 N–H and O–H groups in total. The zero-order valence-electron chi connectivity index (χ0n) is 11.8. The molecule has 0 radical (unpaired) electrons. The van der Waals surface area contributed by atoms with E-state index in [4.69, 9.17) is 19.3 Å². The molecule has 1 aromatic heterocycles. The van der Waals surface area contributed by atoms with Crippen molar-refractivity contribution in [1.29, 1.82) is 0 Å². The summed E-state index contributed by atoms with van der Waals surface area (Å²) in [6, 6.07) is 6.17. The van der Waals surface area contributed by atoms with Gasteiger partial charge in [-0.05, 0) is 24.6 Å². The molecule has 0 atom stereocenters. The topological polar surface area (TPSA) is 90.8 Å². The number of hydrogen-bond donors (Lipinski definition) is 1. The predicted octanol–water partition coefficient (Wildman–Crippen LogP) is 2.29. The van der Waals surface area contributed by atoms with Crippen LogP contribution in [0.3, 0.4) is 0 Å². The van der Waals surface area contributed by atoms with Gasteiger partial charge in [0.25, 0.3) is 0 Å². The highest BCUT2D eigenvalue weighted by Crippen LogP contribution is 2.27. The normalized spacial score (nSPS) is 10.0. The monoisotopic (exact) mass is 290 g/mol. The molecule has 110 valence electrons. The van der Waals surface area contributed by atoms with Crippen LogP contribution in [-0.4, -0.2) is 35.3 Å². The first kappa shape index (κ1) is 14.6. The maximum absolute atomic E-state index is 11.2. The summed E-state index contributed by atoms with van der Waals surface area (Å²) in [7, 11) is 2.89. The molecule has 0 unspecified atom stereocenters. The molecule has 0 aliphatic heterocycles. The van der Waals surface area contributed by atoms with E-state index in [0.29, 0.717) is 0 Å². The van der Waals surface area contributed by atoms with Crippen molar-refractivity contribution in [1.82, 2.24) is 9.97 Å². The van der Waals surface area contributed by atoms with E-state index >= 15 is 0 Å². The Morgan fingerprint density at radius 2 is 1.71 bits per heavy atom. The minimum atomic E-state index is -1.10. The summed E-state index contributed by atoms with van der Waals surface area (Å²) in [5.41, 5.74) is 0.871. The number of carboxylic acids is 1. The molecule has 2 aromatic rings. The van der Waals surface area contributed by atoms with Crippen molar-refractivity contribution < 1.29 is 24.1 Å². The number of hydrogen-bond acceptors (Lipinski definition) is 6. The lowest BCUT2D eigenvalue weighted by Crippen LogP contribution is -2.03. The van der Waals surface area contributed by atoms with Gasteiger partial charge in [0.2, 0.25) is 11.8 Å². The SMILES string of the molecule is COc1cc(OC)nc(Oc2cc(C)ccc2C(=O)O)n1. The van der Waals surface area contributed by atoms with Crippen molar-refractivity contribution in [2.24, 2.45) is 0 Å². The molecule has 0 aliphatic carbocycles. The van der Waals surface area contributed by atoms with Gasteiger partial charge in [0.05, 0.1) is 20.3 Å². The van der Waals surface area contributed by atoms with E-state index in [-0.39, 0.29) is 29.1 Å². The van der Waals surface area contributed by atoms with Crippen LogP contribution >= 0.6 is 0 Å². The van der Waals surface area contributed by atoms with Crippen LogP contribution in [0.25, 0.3) is 0 Å². The maximum atomic E-state index is 11.2. The third-order valence-corrected chi connectivity index (χ3v) is 2.65. The summed E-state index contributed by atoms with van der Waals surface area (Å²) in [6.45, 7) is 1.82. The van der Waals surface area contributed by atoms with Gasteiger partial charge in [0.15, 0.2) is 0 Å². The molecule has 0 aliphatic rings. The Bertz CT molecular complexity index is 650. The Balaban J connectivity index is 2.42. The Hall–Kier alpha value is -2.83. The van der Waals surface area contributed by atoms with E-state index in [1.165, 1.54) is 26.4 Å². The number of aryl methyl sites for hydroxylation is 1. The molecular formula is C14H14N2O5. The lowest BCUT2D eigenvalue weighted by Gasteiger charge is -2.10. The number of rotatable bonds is 5. The predicted molar refractivity (Wildman–Crippen MR) is 73.3 cm³/mol. The van der Waals surface area contributed by atoms with E-state index in [1.807, 2.05) is 6.92 Å². The second kappa shape index (κ2) is 6.08. The third kappa shape index (κ3) is 3.38. The van der Waals surface area contributed by atoms with Gasteiger partial charge in [0.1, 0.15) is 11.3 Å². The third-order valence-electron chi connectivity index (χ3n) is 2.65. The zero-order chi connectivity index (χ0) is 15.4. The second-order valence-corrected chi connectivity index (χ2v) is 4.14. The highest BCUT2D eigenvalue weighted by Gasteiger charge is 2.15. The van der Waals surface area contributed by atoms with Gasteiger partial charge < -0.3 is 19.3 Å². The van der Waals surface area contributed by atoms with E-state index in [2.05, 4.69) is 9.97 Å². The molecule has 0 amide bonds. The lowest BCUT2D eigenvalue weighted by molar-refractivity contribution is 0.0694. The van der Waals surface area contributed by atoms with Crippen molar-refractivity contribution in [2.45, 2.75) is 6.92 Å². The van der Waals surface area contributed by atoms with Gasteiger partial charge in [-0.25, -0.2) is 4.79 Å². The Morgan fingerprint density at radius 1 is 1.10 bits per heavy atom. The van der Waals surface area contributed by atoms with Crippen molar-refractivity contribution in [2.75, 3.05) is 14.2 Å². The van der Waals surface area contributed by atoms with Gasteiger partial charge in [-0.2, -0.15) is 9.97 Å². The van der Waals surface area contributed by atoms with E-state index in [0.717, 1.165) is 5.56 Å². The maximum Gasteiger partial charge on any atom is 0.339 e. The van der Waals surface area contributed by atoms with Crippen LogP contribution in [0, 0.1) is 6.92 Å². The van der Waals surface area contributed by atoms with Crippen LogP contribution in [0.5, 0.6) is 23.5 Å². The average molecular weight is 290 g/mol. The van der Waals surface area contributed by atoms with Gasteiger partial charge >= 0.3 is 12.0 Å². The van der Waals surface area contributed by atoms with Crippen molar-refractivity contribution in [3.05, 3.63) is 35.4 Å². The van der Waals surface area contributed by atoms with Crippen LogP contribution < -0.4 is 14.2 Å². The Kier molecular flexibility index (Phi) is 4.22. The number of carbonyl (C=O) groups is 1. The molecule has 1 aromatic carbocycles. The molecule has 0 fully saturated rings. The van der Waals surface area contributed by atoms with Crippen molar-refractivity contribution in [3.8, 4) is 23.5 Å². The Morgan fingerprint density at radius 3 is 2.24 bits per heavy atom. The molecule has 0 bridgehead atoms. The van der Waals surface area contributed by atoms with E-state index < -0.39 is 5.97 Å². The van der Waals surface area contributed by atoms with Crippen LogP contribution in [0.4, 0.5) is 0 Å². The highest BCUT2D eigenvalue weighted by atomic mass is 16.5. The number of carboxylic acid groups (broad SMARTS) is 1. The second-order valence-electron chi connectivity index (χ2n) is 4.14. The Labute approximate surface area is 121 Å².